The second-order valence-corrected chi connectivity index (χ2v) is 5.99. The molecule has 1 fully saturated rings. The average Bonchev–Trinajstić information content (AvgIpc) is 2.95. The summed E-state index contributed by atoms with van der Waals surface area (Å²) >= 11 is 1.53. The van der Waals surface area contributed by atoms with Crippen molar-refractivity contribution in [2.75, 3.05) is 0 Å². The van der Waals surface area contributed by atoms with Gasteiger partial charge in [0, 0.05) is 17.1 Å². The lowest BCUT2D eigenvalue weighted by molar-refractivity contribution is -0.142. The maximum absolute atomic E-state index is 11.7. The molecule has 2 unspecified atom stereocenters. The number of hydrogen-bond acceptors (Lipinski definition) is 4. The molecule has 1 aliphatic rings. The predicted octanol–water partition coefficient (Wildman–Crippen LogP) is 1.50. The minimum absolute atomic E-state index is 0.268. The molecule has 2 atom stereocenters. The number of hydrogen-bond donors (Lipinski definition) is 3. The number of carboxylic acids is 1. The van der Waals surface area contributed by atoms with Gasteiger partial charge in [0.25, 0.3) is 0 Å². The molecule has 0 saturated heterocycles. The van der Waals surface area contributed by atoms with Crippen molar-refractivity contribution < 1.29 is 14.7 Å². The molecule has 1 aromatic heterocycles. The first-order valence-electron chi connectivity index (χ1n) is 6.24. The molecule has 1 saturated carbocycles. The Morgan fingerprint density at radius 3 is 2.95 bits per heavy atom. The zero-order valence-electron chi connectivity index (χ0n) is 10.7. The van der Waals surface area contributed by atoms with Gasteiger partial charge in [0.05, 0.1) is 12.5 Å². The fourth-order valence-electron chi connectivity index (χ4n) is 2.29. The average molecular weight is 283 g/mol. The largest absolute Gasteiger partial charge is 0.481 e. The third-order valence-electron chi connectivity index (χ3n) is 3.22. The number of thiazole rings is 1. The van der Waals surface area contributed by atoms with E-state index < -0.39 is 11.9 Å². The fraction of sp³-hybridized carbons (Fsp3) is 0.583. The van der Waals surface area contributed by atoms with E-state index in [-0.39, 0.29) is 12.1 Å². The van der Waals surface area contributed by atoms with Crippen LogP contribution >= 0.6 is 11.3 Å². The van der Waals surface area contributed by atoms with Crippen LogP contribution in [0, 0.1) is 12.8 Å². The van der Waals surface area contributed by atoms with Crippen molar-refractivity contribution in [3.63, 3.8) is 0 Å². The summed E-state index contributed by atoms with van der Waals surface area (Å²) in [7, 11) is 0. The van der Waals surface area contributed by atoms with E-state index in [1.807, 2.05) is 6.92 Å². The second kappa shape index (κ2) is 6.01. The standard InChI is InChI=1S/C12H17N3O3S/c1-7-5-13-10(19-7)6-14-12(18)15-9-4-2-3-8(9)11(16)17/h5,8-9H,2-4,6H2,1H3,(H,16,17)(H2,14,15,18). The summed E-state index contributed by atoms with van der Waals surface area (Å²) in [5, 5.41) is 15.3. The lowest BCUT2D eigenvalue weighted by atomic mass is 10.0. The zero-order valence-corrected chi connectivity index (χ0v) is 11.5. The molecule has 19 heavy (non-hydrogen) atoms. The van der Waals surface area contributed by atoms with Gasteiger partial charge in [-0.2, -0.15) is 0 Å². The van der Waals surface area contributed by atoms with Gasteiger partial charge in [-0.3, -0.25) is 4.79 Å². The smallest absolute Gasteiger partial charge is 0.315 e. The number of carbonyl (C=O) groups is 2. The molecule has 0 bridgehead atoms. The van der Waals surface area contributed by atoms with E-state index in [0.29, 0.717) is 13.0 Å². The highest BCUT2D eigenvalue weighted by atomic mass is 32.1. The Hall–Kier alpha value is -1.63. The van der Waals surface area contributed by atoms with E-state index in [1.165, 1.54) is 11.3 Å². The van der Waals surface area contributed by atoms with E-state index >= 15 is 0 Å². The molecule has 0 aliphatic heterocycles. The first-order chi connectivity index (χ1) is 9.06. The highest BCUT2D eigenvalue weighted by molar-refractivity contribution is 7.11. The molecule has 7 heteroatoms. The van der Waals surface area contributed by atoms with E-state index in [9.17, 15) is 9.59 Å². The monoisotopic (exact) mass is 283 g/mol. The molecular weight excluding hydrogens is 266 g/mol. The Bertz CT molecular complexity index is 475. The number of nitrogens with one attached hydrogen (secondary N) is 2. The van der Waals surface area contributed by atoms with Crippen molar-refractivity contribution in [3.8, 4) is 0 Å². The Morgan fingerprint density at radius 1 is 1.53 bits per heavy atom. The third kappa shape index (κ3) is 3.66. The van der Waals surface area contributed by atoms with Gasteiger partial charge in [0.2, 0.25) is 0 Å². The van der Waals surface area contributed by atoms with E-state index in [2.05, 4.69) is 15.6 Å². The van der Waals surface area contributed by atoms with Crippen LogP contribution in [-0.4, -0.2) is 28.1 Å². The molecule has 1 aromatic rings. The maximum Gasteiger partial charge on any atom is 0.315 e. The van der Waals surface area contributed by atoms with Gasteiger partial charge in [0.1, 0.15) is 5.01 Å². The summed E-state index contributed by atoms with van der Waals surface area (Å²) < 4.78 is 0. The van der Waals surface area contributed by atoms with Crippen molar-refractivity contribution in [2.24, 2.45) is 5.92 Å². The molecule has 0 radical (unpaired) electrons. The quantitative estimate of drug-likeness (QED) is 0.781. The summed E-state index contributed by atoms with van der Waals surface area (Å²) in [4.78, 5) is 27.9. The van der Waals surface area contributed by atoms with Crippen LogP contribution in [0.2, 0.25) is 0 Å². The zero-order chi connectivity index (χ0) is 13.8. The van der Waals surface area contributed by atoms with Crippen LogP contribution in [0.25, 0.3) is 0 Å². The summed E-state index contributed by atoms with van der Waals surface area (Å²) in [6, 6.07) is -0.596. The SMILES string of the molecule is Cc1cnc(CNC(=O)NC2CCCC2C(=O)O)s1. The number of urea groups is 1. The first-order valence-corrected chi connectivity index (χ1v) is 7.06. The highest BCUT2D eigenvalue weighted by Crippen LogP contribution is 2.25. The van der Waals surface area contributed by atoms with Gasteiger partial charge in [-0.25, -0.2) is 9.78 Å². The molecule has 2 amide bonds. The van der Waals surface area contributed by atoms with Crippen LogP contribution in [0.3, 0.4) is 0 Å². The van der Waals surface area contributed by atoms with Crippen LogP contribution in [0.15, 0.2) is 6.20 Å². The van der Waals surface area contributed by atoms with Gasteiger partial charge in [-0.15, -0.1) is 11.3 Å². The van der Waals surface area contributed by atoms with Crippen LogP contribution in [0.5, 0.6) is 0 Å². The van der Waals surface area contributed by atoms with Gasteiger partial charge in [0.15, 0.2) is 0 Å². The summed E-state index contributed by atoms with van der Waals surface area (Å²) in [6.07, 6.45) is 3.96. The van der Waals surface area contributed by atoms with Crippen LogP contribution in [-0.2, 0) is 11.3 Å². The minimum atomic E-state index is -0.835. The van der Waals surface area contributed by atoms with Gasteiger partial charge in [-0.05, 0) is 19.8 Å². The first kappa shape index (κ1) is 13.8. The number of aliphatic carboxylic acids is 1. The predicted molar refractivity (Wildman–Crippen MR) is 71.0 cm³/mol. The second-order valence-electron chi connectivity index (χ2n) is 4.67. The van der Waals surface area contributed by atoms with E-state index in [0.717, 1.165) is 22.7 Å². The van der Waals surface area contributed by atoms with Crippen molar-refractivity contribution in [1.29, 1.82) is 0 Å². The van der Waals surface area contributed by atoms with E-state index in [4.69, 9.17) is 5.11 Å². The number of carbonyl (C=O) groups excluding carboxylic acids is 1. The fourth-order valence-corrected chi connectivity index (χ4v) is 3.01. The van der Waals surface area contributed by atoms with Crippen molar-refractivity contribution in [3.05, 3.63) is 16.1 Å². The van der Waals surface area contributed by atoms with Crippen LogP contribution in [0.4, 0.5) is 4.79 Å². The number of amides is 2. The maximum atomic E-state index is 11.7. The molecule has 1 aliphatic carbocycles. The Balaban J connectivity index is 1.79. The van der Waals surface area contributed by atoms with Crippen molar-refractivity contribution in [2.45, 2.75) is 38.8 Å². The number of carboxylic acid groups (broad SMARTS) is 1. The molecule has 104 valence electrons. The number of aryl methyl sites for hydroxylation is 1. The molecular formula is C12H17N3O3S. The number of rotatable bonds is 4. The molecule has 0 spiro atoms. The lowest BCUT2D eigenvalue weighted by Gasteiger charge is -2.17. The topological polar surface area (TPSA) is 91.3 Å². The Labute approximate surface area is 115 Å². The summed E-state index contributed by atoms with van der Waals surface area (Å²) in [6.45, 7) is 2.33. The van der Waals surface area contributed by atoms with Crippen molar-refractivity contribution in [1.82, 2.24) is 15.6 Å². The summed E-state index contributed by atoms with van der Waals surface area (Å²) in [5.74, 6) is -1.30. The molecule has 1 heterocycles. The minimum Gasteiger partial charge on any atom is -0.481 e. The van der Waals surface area contributed by atoms with Gasteiger partial charge in [-0.1, -0.05) is 6.42 Å². The molecule has 0 aromatic carbocycles. The van der Waals surface area contributed by atoms with E-state index in [1.54, 1.807) is 6.20 Å². The Kier molecular flexibility index (Phi) is 4.36. The van der Waals surface area contributed by atoms with Gasteiger partial charge < -0.3 is 15.7 Å². The number of nitrogens with zero attached hydrogens (tertiary/aromatic N) is 1. The molecule has 6 nitrogen and oxygen atoms in total. The highest BCUT2D eigenvalue weighted by Gasteiger charge is 2.33. The molecule has 3 N–H and O–H groups in total. The lowest BCUT2D eigenvalue weighted by Crippen LogP contribution is -2.45. The number of aromatic nitrogens is 1. The Morgan fingerprint density at radius 2 is 2.32 bits per heavy atom. The van der Waals surface area contributed by atoms with Crippen LogP contribution < -0.4 is 10.6 Å². The van der Waals surface area contributed by atoms with Crippen LogP contribution in [0.1, 0.15) is 29.1 Å². The third-order valence-corrected chi connectivity index (χ3v) is 4.13. The van der Waals surface area contributed by atoms with Gasteiger partial charge >= 0.3 is 12.0 Å². The van der Waals surface area contributed by atoms with Crippen molar-refractivity contribution >= 4 is 23.3 Å². The normalized spacial score (nSPS) is 22.2. The molecule has 2 rings (SSSR count). The summed E-state index contributed by atoms with van der Waals surface area (Å²) in [5.41, 5.74) is 0.